The van der Waals surface area contributed by atoms with Crippen molar-refractivity contribution in [3.8, 4) is 5.75 Å². The summed E-state index contributed by atoms with van der Waals surface area (Å²) >= 11 is 8.82. The Balaban J connectivity index is 2.50. The smallest absolute Gasteiger partial charge is 0.342 e. The van der Waals surface area contributed by atoms with Gasteiger partial charge >= 0.3 is 15.8 Å². The highest BCUT2D eigenvalue weighted by Gasteiger charge is 2.26. The molecule has 22 heavy (non-hydrogen) atoms. The Morgan fingerprint density at radius 1 is 1.36 bits per heavy atom. The molecular formula is C12H8BrClN2O5S. The number of hydrogen-bond donors (Lipinski definition) is 0. The van der Waals surface area contributed by atoms with Crippen LogP contribution in [0.15, 0.2) is 39.8 Å². The van der Waals surface area contributed by atoms with Crippen molar-refractivity contribution in [3.63, 3.8) is 0 Å². The van der Waals surface area contributed by atoms with Crippen LogP contribution in [0.2, 0.25) is 5.15 Å². The summed E-state index contributed by atoms with van der Waals surface area (Å²) in [5, 5.41) is 10.7. The molecule has 0 radical (unpaired) electrons. The first-order valence-electron chi connectivity index (χ1n) is 5.71. The van der Waals surface area contributed by atoms with Crippen molar-refractivity contribution in [2.75, 3.05) is 0 Å². The predicted octanol–water partition coefficient (Wildman–Crippen LogP) is 3.48. The van der Waals surface area contributed by atoms with Gasteiger partial charge in [-0.15, -0.1) is 0 Å². The van der Waals surface area contributed by atoms with E-state index in [1.54, 1.807) is 6.92 Å². The molecule has 0 saturated carbocycles. The van der Waals surface area contributed by atoms with E-state index in [2.05, 4.69) is 20.9 Å². The number of rotatable bonds is 4. The Hall–Kier alpha value is -1.71. The van der Waals surface area contributed by atoms with Crippen LogP contribution in [-0.4, -0.2) is 18.3 Å². The maximum absolute atomic E-state index is 12.2. The number of nitro benzene ring substituents is 1. The molecule has 0 spiro atoms. The molecule has 2 aromatic rings. The highest BCUT2D eigenvalue weighted by atomic mass is 79.9. The maximum Gasteiger partial charge on any atom is 0.342 e. The SMILES string of the molecule is Cc1ccc(OS(=O)(=O)c2cc(Br)cnc2Cl)c([N+](=O)[O-])c1. The van der Waals surface area contributed by atoms with E-state index in [9.17, 15) is 18.5 Å². The standard InChI is InChI=1S/C12H8BrClN2O5S/c1-7-2-3-10(9(4-7)16(17)18)21-22(19,20)11-5-8(13)6-15-12(11)14/h2-6H,1H3. The summed E-state index contributed by atoms with van der Waals surface area (Å²) in [7, 11) is -4.36. The number of nitrogens with zero attached hydrogens (tertiary/aromatic N) is 2. The number of pyridine rings is 1. The molecule has 116 valence electrons. The second-order valence-corrected chi connectivity index (χ2v) is 7.00. The number of hydrogen-bond acceptors (Lipinski definition) is 6. The van der Waals surface area contributed by atoms with Crippen molar-refractivity contribution in [3.05, 3.63) is 55.8 Å². The summed E-state index contributed by atoms with van der Waals surface area (Å²) in [5.41, 5.74) is 0.140. The molecule has 1 aromatic heterocycles. The number of benzene rings is 1. The van der Waals surface area contributed by atoms with Gasteiger partial charge < -0.3 is 4.18 Å². The van der Waals surface area contributed by atoms with Crippen molar-refractivity contribution < 1.29 is 17.5 Å². The zero-order valence-electron chi connectivity index (χ0n) is 11.0. The summed E-state index contributed by atoms with van der Waals surface area (Å²) in [6.45, 7) is 1.64. The van der Waals surface area contributed by atoms with Gasteiger partial charge in [0.05, 0.1) is 4.92 Å². The number of halogens is 2. The molecule has 2 rings (SSSR count). The van der Waals surface area contributed by atoms with E-state index < -0.39 is 31.4 Å². The molecule has 0 aliphatic heterocycles. The molecule has 1 heterocycles. The normalized spacial score (nSPS) is 11.2. The first-order chi connectivity index (χ1) is 10.2. The molecule has 0 aliphatic carbocycles. The van der Waals surface area contributed by atoms with Gasteiger partial charge in [0.2, 0.25) is 5.75 Å². The highest BCUT2D eigenvalue weighted by Crippen LogP contribution is 2.32. The molecule has 0 aliphatic rings. The van der Waals surface area contributed by atoms with Gasteiger partial charge in [-0.1, -0.05) is 17.7 Å². The Morgan fingerprint density at radius 3 is 2.68 bits per heavy atom. The van der Waals surface area contributed by atoms with Crippen LogP contribution in [0, 0.1) is 17.0 Å². The lowest BCUT2D eigenvalue weighted by Gasteiger charge is -2.09. The van der Waals surface area contributed by atoms with E-state index in [0.29, 0.717) is 10.0 Å². The Kier molecular flexibility index (Phi) is 4.69. The van der Waals surface area contributed by atoms with Crippen LogP contribution < -0.4 is 4.18 Å². The molecule has 0 fully saturated rings. The second kappa shape index (κ2) is 6.19. The average molecular weight is 408 g/mol. The Bertz CT molecular complexity index is 857. The first kappa shape index (κ1) is 16.7. The maximum atomic E-state index is 12.2. The number of aryl methyl sites for hydroxylation is 1. The van der Waals surface area contributed by atoms with Crippen molar-refractivity contribution in [1.29, 1.82) is 0 Å². The summed E-state index contributed by atoms with van der Waals surface area (Å²) in [6.07, 6.45) is 1.32. The molecule has 0 atom stereocenters. The van der Waals surface area contributed by atoms with Crippen molar-refractivity contribution in [1.82, 2.24) is 4.98 Å². The minimum absolute atomic E-state index is 0.294. The summed E-state index contributed by atoms with van der Waals surface area (Å²) in [6, 6.07) is 5.12. The zero-order valence-corrected chi connectivity index (χ0v) is 14.1. The van der Waals surface area contributed by atoms with Crippen LogP contribution in [-0.2, 0) is 10.1 Å². The largest absolute Gasteiger partial charge is 0.371 e. The van der Waals surface area contributed by atoms with Crippen molar-refractivity contribution in [2.24, 2.45) is 0 Å². The van der Waals surface area contributed by atoms with Crippen LogP contribution in [0.5, 0.6) is 5.75 Å². The first-order valence-corrected chi connectivity index (χ1v) is 8.29. The van der Waals surface area contributed by atoms with E-state index in [4.69, 9.17) is 15.8 Å². The third-order valence-corrected chi connectivity index (χ3v) is 4.65. The molecule has 0 unspecified atom stereocenters. The monoisotopic (exact) mass is 406 g/mol. The highest BCUT2D eigenvalue weighted by molar-refractivity contribution is 9.10. The van der Waals surface area contributed by atoms with Crippen LogP contribution in [0.3, 0.4) is 0 Å². The Morgan fingerprint density at radius 2 is 2.05 bits per heavy atom. The third-order valence-electron chi connectivity index (χ3n) is 2.55. The fraction of sp³-hybridized carbons (Fsp3) is 0.0833. The minimum Gasteiger partial charge on any atom is -0.371 e. The van der Waals surface area contributed by atoms with Crippen LogP contribution in [0.1, 0.15) is 5.56 Å². The predicted molar refractivity (Wildman–Crippen MR) is 82.6 cm³/mol. The van der Waals surface area contributed by atoms with Gasteiger partial charge in [-0.3, -0.25) is 10.1 Å². The number of aromatic nitrogens is 1. The average Bonchev–Trinajstić information content (AvgIpc) is 2.43. The van der Waals surface area contributed by atoms with Crippen LogP contribution in [0.4, 0.5) is 5.69 Å². The molecule has 10 heteroatoms. The van der Waals surface area contributed by atoms with Gasteiger partial charge in [-0.25, -0.2) is 4.98 Å². The molecule has 0 saturated heterocycles. The van der Waals surface area contributed by atoms with E-state index in [1.807, 2.05) is 0 Å². The van der Waals surface area contributed by atoms with E-state index in [-0.39, 0.29) is 5.15 Å². The topological polar surface area (TPSA) is 99.4 Å². The van der Waals surface area contributed by atoms with Gasteiger partial charge in [0.1, 0.15) is 4.90 Å². The van der Waals surface area contributed by atoms with Gasteiger partial charge in [0.15, 0.2) is 5.15 Å². The lowest BCUT2D eigenvalue weighted by atomic mass is 10.2. The molecule has 0 bridgehead atoms. The van der Waals surface area contributed by atoms with Crippen LogP contribution >= 0.6 is 27.5 Å². The lowest BCUT2D eigenvalue weighted by molar-refractivity contribution is -0.385. The molecule has 0 N–H and O–H groups in total. The molecule has 7 nitrogen and oxygen atoms in total. The lowest BCUT2D eigenvalue weighted by Crippen LogP contribution is -2.12. The summed E-state index contributed by atoms with van der Waals surface area (Å²) in [4.78, 5) is 13.6. The third kappa shape index (κ3) is 3.54. The van der Waals surface area contributed by atoms with Gasteiger partial charge in [-0.05, 0) is 40.5 Å². The summed E-state index contributed by atoms with van der Waals surface area (Å²) < 4.78 is 29.7. The molecule has 0 amide bonds. The van der Waals surface area contributed by atoms with Gasteiger partial charge in [0.25, 0.3) is 0 Å². The Labute approximate surface area is 139 Å². The minimum atomic E-state index is -4.36. The van der Waals surface area contributed by atoms with E-state index >= 15 is 0 Å². The number of nitro groups is 1. The molecule has 1 aromatic carbocycles. The second-order valence-electron chi connectivity index (χ2n) is 4.21. The quantitative estimate of drug-likeness (QED) is 0.333. The van der Waals surface area contributed by atoms with Crippen molar-refractivity contribution in [2.45, 2.75) is 11.8 Å². The fourth-order valence-electron chi connectivity index (χ4n) is 1.58. The fourth-order valence-corrected chi connectivity index (χ4v) is 3.45. The van der Waals surface area contributed by atoms with E-state index in [1.165, 1.54) is 30.5 Å². The zero-order chi connectivity index (χ0) is 16.5. The van der Waals surface area contributed by atoms with Gasteiger partial charge in [-0.2, -0.15) is 8.42 Å². The van der Waals surface area contributed by atoms with E-state index in [0.717, 1.165) is 0 Å². The van der Waals surface area contributed by atoms with Gasteiger partial charge in [0, 0.05) is 16.7 Å². The van der Waals surface area contributed by atoms with Crippen molar-refractivity contribution >= 4 is 43.3 Å². The molecular weight excluding hydrogens is 400 g/mol. The van der Waals surface area contributed by atoms with Crippen LogP contribution in [0.25, 0.3) is 0 Å². The summed E-state index contributed by atoms with van der Waals surface area (Å²) in [5.74, 6) is -0.397.